The predicted octanol–water partition coefficient (Wildman–Crippen LogP) is 7.54. The summed E-state index contributed by atoms with van der Waals surface area (Å²) < 4.78 is 53.1. The Balaban J connectivity index is 3.29. The third-order valence-corrected chi connectivity index (χ3v) is 5.39. The smallest absolute Gasteiger partial charge is 0.238 e. The summed E-state index contributed by atoms with van der Waals surface area (Å²) >= 11 is -5.39. The van der Waals surface area contributed by atoms with E-state index < -0.39 is 16.1 Å². The first-order valence-electron chi connectivity index (χ1n) is 9.60. The van der Waals surface area contributed by atoms with Crippen LogP contribution in [0.4, 0.5) is 11.7 Å². The molecule has 0 aliphatic heterocycles. The molecule has 0 saturated heterocycles. The first-order valence-corrected chi connectivity index (χ1v) is 10.9. The molecule has 0 aliphatic rings. The van der Waals surface area contributed by atoms with E-state index in [-0.39, 0.29) is 35.7 Å². The molecular formula is C21H35F3O2S. The highest BCUT2D eigenvalue weighted by Crippen LogP contribution is 2.63. The van der Waals surface area contributed by atoms with Crippen molar-refractivity contribution < 1.29 is 21.1 Å². The molecule has 0 radical (unpaired) electrons. The van der Waals surface area contributed by atoms with Crippen LogP contribution in [-0.2, 0) is 28.1 Å². The van der Waals surface area contributed by atoms with Gasteiger partial charge in [-0.3, -0.25) is 0 Å². The molecule has 0 saturated carbocycles. The lowest BCUT2D eigenvalue weighted by Gasteiger charge is -2.26. The van der Waals surface area contributed by atoms with Gasteiger partial charge in [0.2, 0.25) is 11.2 Å². The van der Waals surface area contributed by atoms with E-state index in [0.29, 0.717) is 19.1 Å². The Labute approximate surface area is 165 Å². The molecule has 0 aromatic heterocycles. The molecule has 0 bridgehead atoms. The Bertz CT molecular complexity index is 592. The summed E-state index contributed by atoms with van der Waals surface area (Å²) in [7, 11) is 0. The van der Waals surface area contributed by atoms with Crippen molar-refractivity contribution in [1.29, 1.82) is 0 Å². The fourth-order valence-electron chi connectivity index (χ4n) is 2.59. The lowest BCUT2D eigenvalue weighted by Crippen LogP contribution is -2.15. The monoisotopic (exact) mass is 408 g/mol. The molecule has 0 heterocycles. The van der Waals surface area contributed by atoms with Crippen LogP contribution in [0.1, 0.15) is 71.6 Å². The second-order valence-corrected chi connectivity index (χ2v) is 9.94. The van der Waals surface area contributed by atoms with Gasteiger partial charge in [-0.1, -0.05) is 67.0 Å². The first-order chi connectivity index (χ1) is 12.4. The van der Waals surface area contributed by atoms with E-state index in [0.717, 1.165) is 12.0 Å². The maximum absolute atomic E-state index is 13.9. The van der Waals surface area contributed by atoms with Crippen LogP contribution in [0.25, 0.3) is 0 Å². The van der Waals surface area contributed by atoms with Crippen LogP contribution in [0.3, 0.4) is 0 Å². The average Bonchev–Trinajstić information content (AvgIpc) is 2.51. The summed E-state index contributed by atoms with van der Waals surface area (Å²) in [5.74, 6) is 0.599. The lowest BCUT2D eigenvalue weighted by molar-refractivity contribution is 0.0866. The van der Waals surface area contributed by atoms with Crippen molar-refractivity contribution in [3.8, 4) is 0 Å². The minimum atomic E-state index is -5.39. The van der Waals surface area contributed by atoms with Crippen molar-refractivity contribution in [3.05, 3.63) is 28.8 Å². The van der Waals surface area contributed by atoms with Gasteiger partial charge in [0.05, 0.1) is 18.1 Å². The van der Waals surface area contributed by atoms with Crippen LogP contribution < -0.4 is 0 Å². The molecule has 0 amide bonds. The van der Waals surface area contributed by atoms with Crippen molar-refractivity contribution in [2.45, 2.75) is 78.4 Å². The third-order valence-electron chi connectivity index (χ3n) is 4.41. The van der Waals surface area contributed by atoms with Crippen LogP contribution >= 0.6 is 11.2 Å². The highest BCUT2D eigenvalue weighted by Gasteiger charge is 2.33. The molecule has 1 unspecified atom stereocenters. The molecule has 0 aliphatic carbocycles. The molecule has 6 heteroatoms. The zero-order chi connectivity index (χ0) is 20.8. The second-order valence-electron chi connectivity index (χ2n) is 8.72. The van der Waals surface area contributed by atoms with E-state index in [1.54, 1.807) is 12.1 Å². The highest BCUT2D eigenvalue weighted by molar-refractivity contribution is 8.21. The van der Waals surface area contributed by atoms with Gasteiger partial charge in [-0.15, -0.1) is 11.7 Å². The normalized spacial score (nSPS) is 14.6. The molecule has 1 aromatic rings. The van der Waals surface area contributed by atoms with Crippen molar-refractivity contribution in [2.75, 3.05) is 13.2 Å². The Kier molecular flexibility index (Phi) is 9.16. The molecule has 1 rings (SSSR count). The van der Waals surface area contributed by atoms with E-state index >= 15 is 0 Å². The summed E-state index contributed by atoms with van der Waals surface area (Å²) in [4.78, 5) is -0.525. The van der Waals surface area contributed by atoms with Crippen LogP contribution in [-0.4, -0.2) is 13.2 Å². The van der Waals surface area contributed by atoms with Crippen molar-refractivity contribution in [1.82, 2.24) is 0 Å². The molecule has 0 spiro atoms. The number of ether oxygens (including phenoxy) is 2. The topological polar surface area (TPSA) is 18.5 Å². The summed E-state index contributed by atoms with van der Waals surface area (Å²) in [5.41, 5.74) is 1.09. The largest absolute Gasteiger partial charge is 0.376 e. The second kappa shape index (κ2) is 10.2. The van der Waals surface area contributed by atoms with Gasteiger partial charge in [-0.25, -0.2) is 0 Å². The van der Waals surface area contributed by atoms with Crippen molar-refractivity contribution in [3.63, 3.8) is 0 Å². The summed E-state index contributed by atoms with van der Waals surface area (Å²) in [6, 6.07) is 3.33. The zero-order valence-electron chi connectivity index (χ0n) is 17.7. The number of halogens is 3. The highest BCUT2D eigenvalue weighted by atomic mass is 32.3. The zero-order valence-corrected chi connectivity index (χ0v) is 18.5. The van der Waals surface area contributed by atoms with Crippen molar-refractivity contribution in [2.24, 2.45) is 11.8 Å². The van der Waals surface area contributed by atoms with E-state index in [1.165, 1.54) is 0 Å². The number of hydrogen-bond donors (Lipinski definition) is 0. The fourth-order valence-corrected chi connectivity index (χ4v) is 3.42. The lowest BCUT2D eigenvalue weighted by atomic mass is 9.85. The molecule has 0 fully saturated rings. The number of hydrogen-bond acceptors (Lipinski definition) is 2. The van der Waals surface area contributed by atoms with E-state index in [9.17, 15) is 11.7 Å². The van der Waals surface area contributed by atoms with Crippen LogP contribution in [0.5, 0.6) is 0 Å². The SMILES string of the molecule is CCC(C)COCc1cc(C(C)(C)C)cc(COCC(C)C)c1S(F)(F)F. The fraction of sp³-hybridized carbons (Fsp3) is 0.714. The van der Waals surface area contributed by atoms with E-state index in [4.69, 9.17) is 9.47 Å². The molecule has 1 aromatic carbocycles. The first kappa shape index (κ1) is 24.3. The Morgan fingerprint density at radius 2 is 1.41 bits per heavy atom. The van der Waals surface area contributed by atoms with Crippen LogP contribution in [0.15, 0.2) is 17.0 Å². The Morgan fingerprint density at radius 1 is 0.926 bits per heavy atom. The maximum atomic E-state index is 13.9. The Morgan fingerprint density at radius 3 is 1.78 bits per heavy atom. The molecule has 27 heavy (non-hydrogen) atoms. The van der Waals surface area contributed by atoms with Crippen LogP contribution in [0, 0.1) is 11.8 Å². The molecule has 1 atom stereocenters. The van der Waals surface area contributed by atoms with E-state index in [1.807, 2.05) is 48.5 Å². The quantitative estimate of drug-likeness (QED) is 0.398. The van der Waals surface area contributed by atoms with Gasteiger partial charge in [0.25, 0.3) is 0 Å². The average molecular weight is 409 g/mol. The minimum absolute atomic E-state index is 0.0206. The summed E-state index contributed by atoms with van der Waals surface area (Å²) in [6.45, 7) is 14.9. The van der Waals surface area contributed by atoms with Gasteiger partial charge in [-0.2, -0.15) is 0 Å². The van der Waals surface area contributed by atoms with Crippen LogP contribution in [0.2, 0.25) is 0 Å². The van der Waals surface area contributed by atoms with Gasteiger partial charge >= 0.3 is 0 Å². The van der Waals surface area contributed by atoms with Gasteiger partial charge in [0.15, 0.2) is 0 Å². The van der Waals surface area contributed by atoms with Crippen molar-refractivity contribution >= 4 is 11.2 Å². The number of rotatable bonds is 10. The third kappa shape index (κ3) is 8.04. The van der Waals surface area contributed by atoms with Gasteiger partial charge in [0, 0.05) is 13.2 Å². The maximum Gasteiger partial charge on any atom is 0.238 e. The molecule has 0 N–H and O–H groups in total. The number of benzene rings is 1. The predicted molar refractivity (Wildman–Crippen MR) is 108 cm³/mol. The summed E-state index contributed by atoms with van der Waals surface area (Å²) in [6.07, 6.45) is 0.938. The van der Waals surface area contributed by atoms with E-state index in [2.05, 4.69) is 0 Å². The molecule has 158 valence electrons. The van der Waals surface area contributed by atoms with Gasteiger partial charge in [0.1, 0.15) is 0 Å². The van der Waals surface area contributed by atoms with Gasteiger partial charge in [-0.05, 0) is 33.9 Å². The standard InChI is InChI=1S/C21H35F3O2S/c1-8-16(4)12-26-14-18-10-19(21(5,6)7)9-17(13-25-11-15(2)3)20(18)27(22,23)24/h9-10,15-16H,8,11-14H2,1-7H3. The van der Waals surface area contributed by atoms with Gasteiger partial charge < -0.3 is 9.47 Å². The Hall–Kier alpha value is -0.720. The molecular weight excluding hydrogens is 373 g/mol. The minimum Gasteiger partial charge on any atom is -0.376 e. The molecule has 2 nitrogen and oxygen atoms in total. The summed E-state index contributed by atoms with van der Waals surface area (Å²) in [5, 5.41) is 0.